The summed E-state index contributed by atoms with van der Waals surface area (Å²) in [5, 5.41) is 14.9. The topological polar surface area (TPSA) is 133 Å². The van der Waals surface area contributed by atoms with Crippen LogP contribution in [-0.4, -0.2) is 47.2 Å². The summed E-state index contributed by atoms with van der Waals surface area (Å²) < 4.78 is 16.0. The zero-order chi connectivity index (χ0) is 23.5. The lowest BCUT2D eigenvalue weighted by atomic mass is 10.3. The van der Waals surface area contributed by atoms with E-state index >= 15 is 0 Å². The average Bonchev–Trinajstić information content (AvgIpc) is 3.33. The second-order valence-corrected chi connectivity index (χ2v) is 6.80. The molecule has 1 N–H and O–H groups in total. The van der Waals surface area contributed by atoms with Gasteiger partial charge in [-0.05, 0) is 31.2 Å². The first-order valence-electron chi connectivity index (χ1n) is 10.4. The lowest BCUT2D eigenvalue weighted by Gasteiger charge is -2.22. The van der Waals surface area contributed by atoms with E-state index in [-0.39, 0.29) is 56.6 Å². The molecule has 33 heavy (non-hydrogen) atoms. The van der Waals surface area contributed by atoms with Gasteiger partial charge in [0.25, 0.3) is 0 Å². The summed E-state index contributed by atoms with van der Waals surface area (Å²) in [6, 6.07) is 12.7. The molecule has 3 aromatic rings. The minimum absolute atomic E-state index is 0.0311. The molecule has 1 aromatic carbocycles. The molecular formula is C22H25N5O6. The fourth-order valence-electron chi connectivity index (χ4n) is 3.06. The van der Waals surface area contributed by atoms with Gasteiger partial charge in [0.1, 0.15) is 24.4 Å². The van der Waals surface area contributed by atoms with E-state index in [1.165, 1.54) is 12.6 Å². The van der Waals surface area contributed by atoms with Crippen LogP contribution in [0.2, 0.25) is 0 Å². The van der Waals surface area contributed by atoms with Crippen LogP contribution in [0, 0.1) is 10.1 Å². The number of carbonyl (C=O) groups is 1. The smallest absolute Gasteiger partial charge is 0.353 e. The van der Waals surface area contributed by atoms with Crippen molar-refractivity contribution in [3.05, 3.63) is 70.9 Å². The Hall–Kier alpha value is -4.15. The van der Waals surface area contributed by atoms with E-state index < -0.39 is 10.9 Å². The maximum atomic E-state index is 12.0. The maximum Gasteiger partial charge on any atom is 0.353 e. The van der Waals surface area contributed by atoms with E-state index in [2.05, 4.69) is 15.3 Å². The van der Waals surface area contributed by atoms with Crippen molar-refractivity contribution in [2.75, 3.05) is 36.5 Å². The second-order valence-electron chi connectivity index (χ2n) is 6.80. The lowest BCUT2D eigenvalue weighted by Crippen LogP contribution is -2.28. The Balaban J connectivity index is 1.77. The molecule has 0 aliphatic rings. The molecule has 174 valence electrons. The summed E-state index contributed by atoms with van der Waals surface area (Å²) in [6.07, 6.45) is 2.78. The van der Waals surface area contributed by atoms with E-state index in [0.29, 0.717) is 11.5 Å². The van der Waals surface area contributed by atoms with Crippen molar-refractivity contribution in [2.45, 2.75) is 19.9 Å². The van der Waals surface area contributed by atoms with Crippen LogP contribution in [0.4, 0.5) is 17.3 Å². The van der Waals surface area contributed by atoms with Crippen LogP contribution in [0.15, 0.2) is 59.5 Å². The van der Waals surface area contributed by atoms with Crippen molar-refractivity contribution >= 4 is 23.3 Å². The third kappa shape index (κ3) is 6.92. The number of nitrogens with one attached hydrogen (secondary N) is 1. The molecule has 11 heteroatoms. The highest BCUT2D eigenvalue weighted by Gasteiger charge is 2.28. The van der Waals surface area contributed by atoms with Crippen molar-refractivity contribution < 1.29 is 23.6 Å². The van der Waals surface area contributed by atoms with Gasteiger partial charge in [-0.2, -0.15) is 0 Å². The van der Waals surface area contributed by atoms with Crippen LogP contribution in [0.1, 0.15) is 19.1 Å². The standard InChI is InChI=1S/C22H25N5O6/c1-2-31-19(28)10-12-26(15-18-9-6-13-32-18)22-20(27(29)30)21(24-16-25-22)23-11-14-33-17-7-4-3-5-8-17/h3-9,13,16H,2,10-12,14-15H2,1H3,(H,23,24,25). The Morgan fingerprint density at radius 3 is 2.73 bits per heavy atom. The molecule has 0 saturated carbocycles. The van der Waals surface area contributed by atoms with Crippen molar-refractivity contribution in [1.82, 2.24) is 9.97 Å². The summed E-state index contributed by atoms with van der Waals surface area (Å²) >= 11 is 0. The first-order valence-corrected chi connectivity index (χ1v) is 10.4. The summed E-state index contributed by atoms with van der Waals surface area (Å²) in [6.45, 7) is 2.86. The van der Waals surface area contributed by atoms with Gasteiger partial charge in [-0.3, -0.25) is 14.9 Å². The number of esters is 1. The van der Waals surface area contributed by atoms with Crippen LogP contribution >= 0.6 is 0 Å². The number of ether oxygens (including phenoxy) is 2. The minimum Gasteiger partial charge on any atom is -0.492 e. The van der Waals surface area contributed by atoms with Crippen molar-refractivity contribution in [1.29, 1.82) is 0 Å². The largest absolute Gasteiger partial charge is 0.492 e. The zero-order valence-corrected chi connectivity index (χ0v) is 18.2. The van der Waals surface area contributed by atoms with E-state index in [1.807, 2.05) is 30.3 Å². The SMILES string of the molecule is CCOC(=O)CCN(Cc1ccco1)c1ncnc(NCCOc2ccccc2)c1[N+](=O)[O-]. The lowest BCUT2D eigenvalue weighted by molar-refractivity contribution is -0.383. The molecule has 11 nitrogen and oxygen atoms in total. The number of aromatic nitrogens is 2. The molecule has 0 saturated heterocycles. The summed E-state index contributed by atoms with van der Waals surface area (Å²) in [5.74, 6) is 0.984. The molecule has 0 radical (unpaired) electrons. The monoisotopic (exact) mass is 455 g/mol. The van der Waals surface area contributed by atoms with Gasteiger partial charge in [0, 0.05) is 6.54 Å². The van der Waals surface area contributed by atoms with E-state index in [9.17, 15) is 14.9 Å². The maximum absolute atomic E-state index is 12.0. The van der Waals surface area contributed by atoms with Gasteiger partial charge < -0.3 is 24.1 Å². The number of para-hydroxylation sites is 1. The van der Waals surface area contributed by atoms with Gasteiger partial charge in [0.2, 0.25) is 11.6 Å². The number of rotatable bonds is 13. The minimum atomic E-state index is -0.546. The first-order chi connectivity index (χ1) is 16.1. The number of nitrogens with zero attached hydrogens (tertiary/aromatic N) is 4. The highest BCUT2D eigenvalue weighted by atomic mass is 16.6. The van der Waals surface area contributed by atoms with Crippen LogP contribution < -0.4 is 15.0 Å². The number of furan rings is 1. The number of nitro groups is 1. The third-order valence-corrected chi connectivity index (χ3v) is 4.51. The first kappa shape index (κ1) is 23.5. The normalized spacial score (nSPS) is 10.5. The fourth-order valence-corrected chi connectivity index (χ4v) is 3.06. The van der Waals surface area contributed by atoms with Gasteiger partial charge in [-0.1, -0.05) is 18.2 Å². The second kappa shape index (κ2) is 12.0. The Morgan fingerprint density at radius 1 is 1.21 bits per heavy atom. The van der Waals surface area contributed by atoms with Crippen LogP contribution in [0.5, 0.6) is 5.75 Å². The molecule has 3 rings (SSSR count). The molecular weight excluding hydrogens is 430 g/mol. The number of hydrogen-bond donors (Lipinski definition) is 1. The van der Waals surface area contributed by atoms with Crippen LogP contribution in [-0.2, 0) is 16.1 Å². The molecule has 0 spiro atoms. The highest BCUT2D eigenvalue weighted by Crippen LogP contribution is 2.32. The molecule has 2 aromatic heterocycles. The van der Waals surface area contributed by atoms with E-state index in [0.717, 1.165) is 0 Å². The average molecular weight is 455 g/mol. The van der Waals surface area contributed by atoms with Crippen molar-refractivity contribution in [3.8, 4) is 5.75 Å². The highest BCUT2D eigenvalue weighted by molar-refractivity contribution is 5.73. The van der Waals surface area contributed by atoms with Crippen molar-refractivity contribution in [3.63, 3.8) is 0 Å². The Bertz CT molecular complexity index is 1030. The molecule has 0 amide bonds. The van der Waals surface area contributed by atoms with E-state index in [4.69, 9.17) is 13.9 Å². The summed E-state index contributed by atoms with van der Waals surface area (Å²) in [7, 11) is 0. The quantitative estimate of drug-likeness (QED) is 0.177. The van der Waals surface area contributed by atoms with Crippen LogP contribution in [0.3, 0.4) is 0 Å². The van der Waals surface area contributed by atoms with Gasteiger partial charge in [-0.15, -0.1) is 0 Å². The molecule has 0 bridgehead atoms. The Morgan fingerprint density at radius 2 is 2.03 bits per heavy atom. The van der Waals surface area contributed by atoms with Crippen LogP contribution in [0.25, 0.3) is 0 Å². The number of benzene rings is 1. The Labute approximate surface area is 190 Å². The number of carbonyl (C=O) groups excluding carboxylic acids is 1. The molecule has 0 aliphatic heterocycles. The van der Waals surface area contributed by atoms with E-state index in [1.54, 1.807) is 24.0 Å². The van der Waals surface area contributed by atoms with Gasteiger partial charge >= 0.3 is 11.7 Å². The molecule has 2 heterocycles. The summed E-state index contributed by atoms with van der Waals surface area (Å²) in [4.78, 5) is 33.1. The number of hydrogen-bond acceptors (Lipinski definition) is 10. The molecule has 0 aliphatic carbocycles. The predicted octanol–water partition coefficient (Wildman–Crippen LogP) is 3.43. The molecule has 0 atom stereocenters. The summed E-state index contributed by atoms with van der Waals surface area (Å²) in [5.41, 5.74) is -0.298. The number of anilines is 2. The fraction of sp³-hybridized carbons (Fsp3) is 0.318. The molecule has 0 fully saturated rings. The Kier molecular flexibility index (Phi) is 8.57. The van der Waals surface area contributed by atoms with Gasteiger partial charge in [0.15, 0.2) is 0 Å². The zero-order valence-electron chi connectivity index (χ0n) is 18.2. The van der Waals surface area contributed by atoms with Gasteiger partial charge in [0.05, 0.1) is 37.3 Å². The third-order valence-electron chi connectivity index (χ3n) is 4.51. The molecule has 0 unspecified atom stereocenters. The van der Waals surface area contributed by atoms with Crippen molar-refractivity contribution in [2.24, 2.45) is 0 Å². The van der Waals surface area contributed by atoms with Gasteiger partial charge in [-0.25, -0.2) is 9.97 Å². The predicted molar refractivity (Wildman–Crippen MR) is 120 cm³/mol.